The van der Waals surface area contributed by atoms with Crippen molar-refractivity contribution in [2.75, 3.05) is 11.9 Å². The monoisotopic (exact) mass is 237 g/mol. The number of ketones is 1. The van der Waals surface area contributed by atoms with Crippen molar-refractivity contribution >= 4 is 17.2 Å². The summed E-state index contributed by atoms with van der Waals surface area (Å²) in [4.78, 5) is 14.3. The van der Waals surface area contributed by atoms with Gasteiger partial charge in [-0.15, -0.1) is 0 Å². The van der Waals surface area contributed by atoms with Crippen LogP contribution < -0.4 is 4.90 Å². The molecular formula is C16H15NO. The van der Waals surface area contributed by atoms with Gasteiger partial charge in [0.05, 0.1) is 5.69 Å². The van der Waals surface area contributed by atoms with Crippen molar-refractivity contribution in [2.24, 2.45) is 0 Å². The number of hydrogen-bond acceptors (Lipinski definition) is 2. The van der Waals surface area contributed by atoms with Crippen LogP contribution in [0, 0.1) is 0 Å². The van der Waals surface area contributed by atoms with Crippen LogP contribution in [0.5, 0.6) is 0 Å². The maximum atomic E-state index is 12.2. The third kappa shape index (κ3) is 1.70. The SMILES string of the molecule is CN1c2ccccc2CCC(=O)c2ccccc21. The largest absolute Gasteiger partial charge is 0.344 e. The Hall–Kier alpha value is -2.09. The molecule has 0 radical (unpaired) electrons. The van der Waals surface area contributed by atoms with E-state index in [1.54, 1.807) is 0 Å². The van der Waals surface area contributed by atoms with Gasteiger partial charge in [0.25, 0.3) is 0 Å². The van der Waals surface area contributed by atoms with Crippen LogP contribution in [0.25, 0.3) is 0 Å². The molecule has 18 heavy (non-hydrogen) atoms. The molecule has 0 aliphatic carbocycles. The maximum absolute atomic E-state index is 12.2. The minimum absolute atomic E-state index is 0.229. The Balaban J connectivity index is 2.20. The van der Waals surface area contributed by atoms with Gasteiger partial charge in [-0.2, -0.15) is 0 Å². The van der Waals surface area contributed by atoms with Crippen molar-refractivity contribution in [3.05, 3.63) is 59.7 Å². The van der Waals surface area contributed by atoms with Crippen molar-refractivity contribution in [1.29, 1.82) is 0 Å². The van der Waals surface area contributed by atoms with Gasteiger partial charge in [-0.3, -0.25) is 4.79 Å². The predicted octanol–water partition coefficient (Wildman–Crippen LogP) is 3.58. The van der Waals surface area contributed by atoms with Crippen LogP contribution in [0.15, 0.2) is 48.5 Å². The van der Waals surface area contributed by atoms with E-state index in [4.69, 9.17) is 0 Å². The van der Waals surface area contributed by atoms with Gasteiger partial charge in [-0.05, 0) is 30.2 Å². The van der Waals surface area contributed by atoms with E-state index in [0.717, 1.165) is 17.7 Å². The van der Waals surface area contributed by atoms with Crippen LogP contribution in [0.1, 0.15) is 22.3 Å². The molecule has 0 spiro atoms. The number of carbonyl (C=O) groups excluding carboxylic acids is 1. The van der Waals surface area contributed by atoms with E-state index >= 15 is 0 Å². The van der Waals surface area contributed by atoms with E-state index in [0.29, 0.717) is 6.42 Å². The van der Waals surface area contributed by atoms with Gasteiger partial charge < -0.3 is 4.90 Å². The fourth-order valence-corrected chi connectivity index (χ4v) is 2.56. The minimum atomic E-state index is 0.229. The molecule has 2 nitrogen and oxygen atoms in total. The molecule has 90 valence electrons. The summed E-state index contributed by atoms with van der Waals surface area (Å²) >= 11 is 0. The number of rotatable bonds is 0. The molecule has 1 aliphatic heterocycles. The summed E-state index contributed by atoms with van der Waals surface area (Å²) in [6, 6.07) is 16.1. The molecule has 0 amide bonds. The Morgan fingerprint density at radius 1 is 0.889 bits per heavy atom. The molecular weight excluding hydrogens is 222 g/mol. The number of aryl methyl sites for hydroxylation is 1. The highest BCUT2D eigenvalue weighted by atomic mass is 16.1. The van der Waals surface area contributed by atoms with Gasteiger partial charge in [0.15, 0.2) is 5.78 Å². The van der Waals surface area contributed by atoms with Crippen molar-refractivity contribution in [3.8, 4) is 0 Å². The van der Waals surface area contributed by atoms with Crippen molar-refractivity contribution in [1.82, 2.24) is 0 Å². The van der Waals surface area contributed by atoms with Gasteiger partial charge in [-0.25, -0.2) is 0 Å². The summed E-state index contributed by atoms with van der Waals surface area (Å²) in [6.45, 7) is 0. The Bertz CT molecular complexity index is 604. The number of anilines is 2. The minimum Gasteiger partial charge on any atom is -0.344 e. The van der Waals surface area contributed by atoms with Crippen LogP contribution in [-0.2, 0) is 6.42 Å². The summed E-state index contributed by atoms with van der Waals surface area (Å²) in [5, 5.41) is 0. The Morgan fingerprint density at radius 3 is 2.39 bits per heavy atom. The Labute approximate surface area is 107 Å². The van der Waals surface area contributed by atoms with Crippen LogP contribution >= 0.6 is 0 Å². The number of Topliss-reactive ketones (excluding diaryl/α,β-unsaturated/α-hetero) is 1. The summed E-state index contributed by atoms with van der Waals surface area (Å²) in [6.07, 6.45) is 1.40. The zero-order valence-corrected chi connectivity index (χ0v) is 10.4. The van der Waals surface area contributed by atoms with Crippen LogP contribution in [0.4, 0.5) is 11.4 Å². The molecule has 2 aromatic rings. The van der Waals surface area contributed by atoms with Gasteiger partial charge in [0.2, 0.25) is 0 Å². The molecule has 0 fully saturated rings. The molecule has 1 aliphatic rings. The van der Waals surface area contributed by atoms with E-state index in [9.17, 15) is 4.79 Å². The number of carbonyl (C=O) groups is 1. The molecule has 0 atom stereocenters. The second-order valence-electron chi connectivity index (χ2n) is 4.63. The van der Waals surface area contributed by atoms with Gasteiger partial charge >= 0.3 is 0 Å². The van der Waals surface area contributed by atoms with Gasteiger partial charge in [-0.1, -0.05) is 30.3 Å². The molecule has 1 heterocycles. The number of hydrogen-bond donors (Lipinski definition) is 0. The highest BCUT2D eigenvalue weighted by Crippen LogP contribution is 2.33. The quantitative estimate of drug-likeness (QED) is 0.698. The molecule has 0 unspecified atom stereocenters. The number of fused-ring (bicyclic) bond motifs is 2. The summed E-state index contributed by atoms with van der Waals surface area (Å²) < 4.78 is 0. The molecule has 0 N–H and O–H groups in total. The highest BCUT2D eigenvalue weighted by Gasteiger charge is 2.19. The van der Waals surface area contributed by atoms with E-state index in [2.05, 4.69) is 17.0 Å². The van der Waals surface area contributed by atoms with Crippen molar-refractivity contribution < 1.29 is 4.79 Å². The summed E-state index contributed by atoms with van der Waals surface area (Å²) in [5.41, 5.74) is 4.25. The van der Waals surface area contributed by atoms with Crippen LogP contribution in [0.2, 0.25) is 0 Å². The number of benzene rings is 2. The average Bonchev–Trinajstić information content (AvgIpc) is 2.43. The summed E-state index contributed by atoms with van der Waals surface area (Å²) in [5.74, 6) is 0.229. The second-order valence-corrected chi connectivity index (χ2v) is 4.63. The Morgan fingerprint density at radius 2 is 1.56 bits per heavy atom. The standard InChI is InChI=1S/C16H15NO/c1-17-14-8-4-2-6-12(14)10-11-16(18)13-7-3-5-9-15(13)17/h2-9H,10-11H2,1H3. The lowest BCUT2D eigenvalue weighted by atomic mass is 9.96. The van der Waals surface area contributed by atoms with Gasteiger partial charge in [0, 0.05) is 24.7 Å². The van der Waals surface area contributed by atoms with Crippen LogP contribution in [-0.4, -0.2) is 12.8 Å². The third-order valence-corrected chi connectivity index (χ3v) is 3.54. The van der Waals surface area contributed by atoms with Crippen molar-refractivity contribution in [2.45, 2.75) is 12.8 Å². The maximum Gasteiger partial charge on any atom is 0.165 e. The first-order valence-corrected chi connectivity index (χ1v) is 6.21. The number of nitrogens with zero attached hydrogens (tertiary/aromatic N) is 1. The first kappa shape index (κ1) is 11.0. The van der Waals surface area contributed by atoms with Gasteiger partial charge in [0.1, 0.15) is 0 Å². The van der Waals surface area contributed by atoms with E-state index in [-0.39, 0.29) is 5.78 Å². The molecule has 3 rings (SSSR count). The lowest BCUT2D eigenvalue weighted by Crippen LogP contribution is -2.18. The van der Waals surface area contributed by atoms with E-state index < -0.39 is 0 Å². The number of para-hydroxylation sites is 2. The topological polar surface area (TPSA) is 20.3 Å². The van der Waals surface area contributed by atoms with E-state index in [1.165, 1.54) is 11.3 Å². The second kappa shape index (κ2) is 4.30. The normalized spacial score (nSPS) is 14.5. The predicted molar refractivity (Wildman–Crippen MR) is 73.6 cm³/mol. The average molecular weight is 237 g/mol. The molecule has 0 saturated heterocycles. The highest BCUT2D eigenvalue weighted by molar-refractivity contribution is 6.02. The molecule has 2 heteroatoms. The molecule has 0 saturated carbocycles. The van der Waals surface area contributed by atoms with Crippen molar-refractivity contribution in [3.63, 3.8) is 0 Å². The Kier molecular flexibility index (Phi) is 2.63. The fraction of sp³-hybridized carbons (Fsp3) is 0.188. The first-order valence-electron chi connectivity index (χ1n) is 6.21. The summed E-state index contributed by atoms with van der Waals surface area (Å²) in [7, 11) is 2.02. The molecule has 0 bridgehead atoms. The fourth-order valence-electron chi connectivity index (χ4n) is 2.56. The molecule has 0 aromatic heterocycles. The third-order valence-electron chi connectivity index (χ3n) is 3.54. The zero-order valence-electron chi connectivity index (χ0n) is 10.4. The van der Waals surface area contributed by atoms with E-state index in [1.807, 2.05) is 43.4 Å². The van der Waals surface area contributed by atoms with Crippen LogP contribution in [0.3, 0.4) is 0 Å². The lowest BCUT2D eigenvalue weighted by molar-refractivity contribution is 0.0983. The lowest BCUT2D eigenvalue weighted by Gasteiger charge is -2.26. The smallest absolute Gasteiger partial charge is 0.165 e. The molecule has 2 aromatic carbocycles. The first-order chi connectivity index (χ1) is 8.77. The zero-order chi connectivity index (χ0) is 12.5.